The number of hydrogen-bond donors (Lipinski definition) is 1. The fourth-order valence-electron chi connectivity index (χ4n) is 1.29. The Hall–Kier alpha value is -1.89. The summed E-state index contributed by atoms with van der Waals surface area (Å²) >= 11 is 1.34. The Morgan fingerprint density at radius 1 is 1.56 bits per heavy atom. The molecule has 18 heavy (non-hydrogen) atoms. The van der Waals surface area contributed by atoms with Crippen molar-refractivity contribution in [1.82, 2.24) is 20.4 Å². The zero-order valence-corrected chi connectivity index (χ0v) is 10.8. The van der Waals surface area contributed by atoms with Crippen molar-refractivity contribution in [1.29, 1.82) is 0 Å². The van der Waals surface area contributed by atoms with E-state index in [2.05, 4.69) is 20.4 Å². The van der Waals surface area contributed by atoms with Crippen LogP contribution in [0.5, 0.6) is 0 Å². The van der Waals surface area contributed by atoms with Crippen molar-refractivity contribution >= 4 is 17.7 Å². The van der Waals surface area contributed by atoms with E-state index in [1.54, 1.807) is 26.2 Å². The van der Waals surface area contributed by atoms with Crippen LogP contribution in [0.2, 0.25) is 0 Å². The van der Waals surface area contributed by atoms with Gasteiger partial charge in [-0.3, -0.25) is 4.79 Å². The van der Waals surface area contributed by atoms with Crippen LogP contribution in [0, 0.1) is 6.92 Å². The Morgan fingerprint density at radius 3 is 3.06 bits per heavy atom. The molecule has 0 aliphatic carbocycles. The highest BCUT2D eigenvalue weighted by Crippen LogP contribution is 2.27. The lowest BCUT2D eigenvalue weighted by molar-refractivity contribution is -0.118. The molecule has 7 heteroatoms. The molecule has 0 unspecified atom stereocenters. The lowest BCUT2D eigenvalue weighted by Gasteiger charge is -2.03. The van der Waals surface area contributed by atoms with Crippen molar-refractivity contribution in [2.45, 2.75) is 11.9 Å². The SMILES string of the molecule is CNC(=O)CSc1ncccc1-c1noc(C)n1. The van der Waals surface area contributed by atoms with Crippen LogP contribution in [0.4, 0.5) is 0 Å². The van der Waals surface area contributed by atoms with E-state index in [-0.39, 0.29) is 5.91 Å². The van der Waals surface area contributed by atoms with Gasteiger partial charge in [-0.25, -0.2) is 4.98 Å². The molecule has 0 spiro atoms. The van der Waals surface area contributed by atoms with Gasteiger partial charge in [-0.1, -0.05) is 16.9 Å². The van der Waals surface area contributed by atoms with E-state index in [0.717, 1.165) is 5.56 Å². The van der Waals surface area contributed by atoms with Gasteiger partial charge in [0.1, 0.15) is 5.03 Å². The number of hydrogen-bond acceptors (Lipinski definition) is 6. The topological polar surface area (TPSA) is 80.9 Å². The lowest BCUT2D eigenvalue weighted by atomic mass is 10.3. The van der Waals surface area contributed by atoms with Crippen LogP contribution in [0.25, 0.3) is 11.4 Å². The molecule has 0 saturated heterocycles. The summed E-state index contributed by atoms with van der Waals surface area (Å²) < 4.78 is 4.94. The third kappa shape index (κ3) is 2.86. The standard InChI is InChI=1S/C11H12N4O2S/c1-7-14-10(15-17-7)8-4-3-5-13-11(8)18-6-9(16)12-2/h3-5H,6H2,1-2H3,(H,12,16). The van der Waals surface area contributed by atoms with Crippen molar-refractivity contribution in [3.8, 4) is 11.4 Å². The molecule has 0 bridgehead atoms. The van der Waals surface area contributed by atoms with Crippen LogP contribution in [0.1, 0.15) is 5.89 Å². The first-order valence-corrected chi connectivity index (χ1v) is 6.28. The van der Waals surface area contributed by atoms with Gasteiger partial charge in [0.05, 0.1) is 11.3 Å². The Morgan fingerprint density at radius 2 is 2.39 bits per heavy atom. The molecule has 0 aromatic carbocycles. The highest BCUT2D eigenvalue weighted by Gasteiger charge is 2.13. The Balaban J connectivity index is 2.23. The van der Waals surface area contributed by atoms with Crippen LogP contribution in [0.15, 0.2) is 27.9 Å². The molecule has 94 valence electrons. The van der Waals surface area contributed by atoms with Gasteiger partial charge in [-0.15, -0.1) is 0 Å². The number of nitrogens with zero attached hydrogens (tertiary/aromatic N) is 3. The number of carbonyl (C=O) groups is 1. The van der Waals surface area contributed by atoms with Gasteiger partial charge in [-0.2, -0.15) is 4.98 Å². The van der Waals surface area contributed by atoms with Gasteiger partial charge in [-0.05, 0) is 12.1 Å². The van der Waals surface area contributed by atoms with Gasteiger partial charge in [0.15, 0.2) is 0 Å². The van der Waals surface area contributed by atoms with Crippen molar-refractivity contribution < 1.29 is 9.32 Å². The molecule has 0 fully saturated rings. The maximum Gasteiger partial charge on any atom is 0.230 e. The van der Waals surface area contributed by atoms with Gasteiger partial charge < -0.3 is 9.84 Å². The first-order chi connectivity index (χ1) is 8.70. The molecular weight excluding hydrogens is 252 g/mol. The molecule has 6 nitrogen and oxygen atoms in total. The summed E-state index contributed by atoms with van der Waals surface area (Å²) in [5, 5.41) is 7.13. The molecule has 2 aromatic heterocycles. The molecule has 0 saturated carbocycles. The number of thioether (sulfide) groups is 1. The van der Waals surface area contributed by atoms with E-state index in [1.165, 1.54) is 11.8 Å². The Labute approximate surface area is 108 Å². The predicted molar refractivity (Wildman–Crippen MR) is 67.1 cm³/mol. The summed E-state index contributed by atoms with van der Waals surface area (Å²) in [5.74, 6) is 1.23. The van der Waals surface area contributed by atoms with Crippen molar-refractivity contribution in [2.24, 2.45) is 0 Å². The summed E-state index contributed by atoms with van der Waals surface area (Å²) in [4.78, 5) is 19.6. The van der Waals surface area contributed by atoms with Crippen LogP contribution < -0.4 is 5.32 Å². The van der Waals surface area contributed by atoms with Crippen molar-refractivity contribution in [3.05, 3.63) is 24.2 Å². The number of pyridine rings is 1. The second-order valence-electron chi connectivity index (χ2n) is 3.45. The van der Waals surface area contributed by atoms with E-state index in [0.29, 0.717) is 22.5 Å². The highest BCUT2D eigenvalue weighted by atomic mass is 32.2. The number of aryl methyl sites for hydroxylation is 1. The average Bonchev–Trinajstić information content (AvgIpc) is 2.83. The van der Waals surface area contributed by atoms with Crippen LogP contribution in [0.3, 0.4) is 0 Å². The molecule has 1 N–H and O–H groups in total. The maximum absolute atomic E-state index is 11.2. The van der Waals surface area contributed by atoms with Crippen molar-refractivity contribution in [3.63, 3.8) is 0 Å². The van der Waals surface area contributed by atoms with Crippen molar-refractivity contribution in [2.75, 3.05) is 12.8 Å². The predicted octanol–water partition coefficient (Wildman–Crippen LogP) is 1.28. The molecule has 2 heterocycles. The third-order valence-corrected chi connectivity index (χ3v) is 3.16. The first kappa shape index (κ1) is 12.6. The minimum absolute atomic E-state index is 0.0547. The summed E-state index contributed by atoms with van der Waals surface area (Å²) in [6.45, 7) is 1.73. The van der Waals surface area contributed by atoms with E-state index in [9.17, 15) is 4.79 Å². The quantitative estimate of drug-likeness (QED) is 0.838. The van der Waals surface area contributed by atoms with Gasteiger partial charge in [0, 0.05) is 20.2 Å². The van der Waals surface area contributed by atoms with E-state index >= 15 is 0 Å². The molecule has 0 aliphatic heterocycles. The van der Waals surface area contributed by atoms with Crippen LogP contribution >= 0.6 is 11.8 Å². The molecule has 0 atom stereocenters. The zero-order chi connectivity index (χ0) is 13.0. The summed E-state index contributed by atoms with van der Waals surface area (Å²) in [6.07, 6.45) is 1.67. The number of rotatable bonds is 4. The number of nitrogens with one attached hydrogen (secondary N) is 1. The van der Waals surface area contributed by atoms with E-state index in [1.807, 2.05) is 6.07 Å². The van der Waals surface area contributed by atoms with Gasteiger partial charge in [0.25, 0.3) is 0 Å². The fraction of sp³-hybridized carbons (Fsp3) is 0.273. The largest absolute Gasteiger partial charge is 0.358 e. The van der Waals surface area contributed by atoms with Crippen LogP contribution in [-0.2, 0) is 4.79 Å². The molecule has 0 aliphatic rings. The van der Waals surface area contributed by atoms with E-state index in [4.69, 9.17) is 4.52 Å². The number of carbonyl (C=O) groups excluding carboxylic acids is 1. The highest BCUT2D eigenvalue weighted by molar-refractivity contribution is 8.00. The molecular formula is C11H12N4O2S. The average molecular weight is 264 g/mol. The minimum Gasteiger partial charge on any atom is -0.358 e. The molecule has 2 aromatic rings. The molecule has 1 amide bonds. The summed E-state index contributed by atoms with van der Waals surface area (Å²) in [5.41, 5.74) is 0.767. The van der Waals surface area contributed by atoms with Gasteiger partial charge in [0.2, 0.25) is 17.6 Å². The monoisotopic (exact) mass is 264 g/mol. The molecule has 2 rings (SSSR count). The van der Waals surface area contributed by atoms with Crippen LogP contribution in [-0.4, -0.2) is 33.8 Å². The number of amides is 1. The number of aromatic nitrogens is 3. The smallest absolute Gasteiger partial charge is 0.230 e. The minimum atomic E-state index is -0.0547. The van der Waals surface area contributed by atoms with Gasteiger partial charge >= 0.3 is 0 Å². The molecule has 0 radical (unpaired) electrons. The fourth-order valence-corrected chi connectivity index (χ4v) is 2.15. The lowest BCUT2D eigenvalue weighted by Crippen LogP contribution is -2.19. The Bertz CT molecular complexity index is 555. The maximum atomic E-state index is 11.2. The Kier molecular flexibility index (Phi) is 3.93. The first-order valence-electron chi connectivity index (χ1n) is 5.30. The second-order valence-corrected chi connectivity index (χ2v) is 4.42. The van der Waals surface area contributed by atoms with E-state index < -0.39 is 0 Å². The summed E-state index contributed by atoms with van der Waals surface area (Å²) in [6, 6.07) is 3.65. The third-order valence-electron chi connectivity index (χ3n) is 2.16. The zero-order valence-electron chi connectivity index (χ0n) is 10.0. The normalized spacial score (nSPS) is 10.3. The summed E-state index contributed by atoms with van der Waals surface area (Å²) in [7, 11) is 1.60. The second kappa shape index (κ2) is 5.63.